The summed E-state index contributed by atoms with van der Waals surface area (Å²) in [6, 6.07) is 20.5. The van der Waals surface area contributed by atoms with Gasteiger partial charge in [0.25, 0.3) is 0 Å². The van der Waals surface area contributed by atoms with E-state index in [0.29, 0.717) is 5.39 Å². The Morgan fingerprint density at radius 3 is 1.88 bits per heavy atom. The second-order valence-electron chi connectivity index (χ2n) is 6.58. The first-order chi connectivity index (χ1) is 14.8. The van der Waals surface area contributed by atoms with E-state index in [-0.39, 0.29) is 42.1 Å². The van der Waals surface area contributed by atoms with Gasteiger partial charge in [0.1, 0.15) is 22.6 Å². The van der Waals surface area contributed by atoms with E-state index in [0.717, 1.165) is 16.2 Å². The molecule has 0 aliphatic rings. The van der Waals surface area contributed by atoms with Crippen LogP contribution in [-0.2, 0) is 24.3 Å². The smallest absolute Gasteiger partial charge is 0.340 e. The summed E-state index contributed by atoms with van der Waals surface area (Å²) in [5, 5.41) is 30.3. The van der Waals surface area contributed by atoms with Crippen molar-refractivity contribution in [3.05, 3.63) is 83.9 Å². The van der Waals surface area contributed by atoms with Gasteiger partial charge in [0, 0.05) is 26.4 Å². The largest absolute Gasteiger partial charge is 0.507 e. The number of rotatable bonds is 3. The van der Waals surface area contributed by atoms with E-state index in [1.165, 1.54) is 19.1 Å². The number of phenols is 1. The maximum absolute atomic E-state index is 11.1. The van der Waals surface area contributed by atoms with Gasteiger partial charge >= 0.3 is 17.9 Å². The molecule has 4 aromatic rings. The molecule has 0 spiro atoms. The third-order valence-corrected chi connectivity index (χ3v) is 4.45. The molecule has 0 heterocycles. The molecule has 0 fully saturated rings. The third kappa shape index (κ3) is 5.48. The Morgan fingerprint density at radius 2 is 1.31 bits per heavy atom. The fraction of sp³-hybridized carbons (Fsp3) is 0.0417. The normalized spacial score (nSPS) is 9.91. The zero-order valence-corrected chi connectivity index (χ0v) is 20.1. The molecule has 0 saturated heterocycles. The molecule has 0 unspecified atom stereocenters. The van der Waals surface area contributed by atoms with E-state index in [1.54, 1.807) is 36.4 Å². The molecule has 32 heavy (non-hydrogen) atoms. The monoisotopic (exact) mass is 482 g/mol. The number of carbonyl (C=O) groups is 3. The van der Waals surface area contributed by atoms with Gasteiger partial charge in [-0.2, -0.15) is 0 Å². The second kappa shape index (κ2) is 10.5. The topological polar surface area (TPSA) is 121 Å². The van der Waals surface area contributed by atoms with Gasteiger partial charge in [-0.1, -0.05) is 54.6 Å². The van der Waals surface area contributed by atoms with Crippen LogP contribution in [0.25, 0.3) is 21.5 Å². The van der Waals surface area contributed by atoms with Gasteiger partial charge in [0.2, 0.25) is 0 Å². The number of carboxylic acid groups (broad SMARTS) is 2. The quantitative estimate of drug-likeness (QED) is 0.219. The standard InChI is InChI=1S/C13H10O4.C11H8O3.Zn/c1-8(14)17-12-7-10-5-3-2-4-9(10)6-11(12)13(15)16;12-9-6-5-7-3-1-2-4-8(7)10(9)11(13)14;/h2-7H,1H3,(H,15,16);1-6,12H,(H,13,14);. The minimum Gasteiger partial charge on any atom is -0.507 e. The number of aromatic hydroxyl groups is 1. The minimum absolute atomic E-state index is 0. The number of carbonyl (C=O) groups excluding carboxylic acids is 1. The summed E-state index contributed by atoms with van der Waals surface area (Å²) >= 11 is 0. The van der Waals surface area contributed by atoms with Gasteiger partial charge in [0.15, 0.2) is 0 Å². The molecule has 7 nitrogen and oxygen atoms in total. The van der Waals surface area contributed by atoms with Crippen LogP contribution in [0, 0.1) is 0 Å². The first kappa shape index (κ1) is 24.5. The van der Waals surface area contributed by atoms with Crippen molar-refractivity contribution in [1.29, 1.82) is 0 Å². The van der Waals surface area contributed by atoms with Gasteiger partial charge < -0.3 is 20.1 Å². The molecule has 0 amide bonds. The fourth-order valence-corrected chi connectivity index (χ4v) is 3.11. The maximum atomic E-state index is 11.1. The maximum Gasteiger partial charge on any atom is 0.340 e. The van der Waals surface area contributed by atoms with Crippen molar-refractivity contribution < 1.29 is 53.9 Å². The van der Waals surface area contributed by atoms with Crippen molar-refractivity contribution in [3.63, 3.8) is 0 Å². The molecule has 158 valence electrons. The van der Waals surface area contributed by atoms with Crippen LogP contribution in [0.2, 0.25) is 0 Å². The second-order valence-corrected chi connectivity index (χ2v) is 6.58. The van der Waals surface area contributed by atoms with Crippen LogP contribution >= 0.6 is 0 Å². The Morgan fingerprint density at radius 1 is 0.750 bits per heavy atom. The Kier molecular flexibility index (Phi) is 8.05. The van der Waals surface area contributed by atoms with E-state index in [9.17, 15) is 19.5 Å². The molecule has 8 heteroatoms. The van der Waals surface area contributed by atoms with E-state index in [2.05, 4.69) is 0 Å². The minimum atomic E-state index is -1.12. The van der Waals surface area contributed by atoms with Crippen LogP contribution in [0.1, 0.15) is 27.6 Å². The summed E-state index contributed by atoms with van der Waals surface area (Å²) in [6.07, 6.45) is 0. The number of benzene rings is 4. The molecular formula is C24H18O7Zn. The van der Waals surface area contributed by atoms with Gasteiger partial charge in [-0.25, -0.2) is 9.59 Å². The first-order valence-corrected chi connectivity index (χ1v) is 9.16. The number of hydrogen-bond acceptors (Lipinski definition) is 5. The summed E-state index contributed by atoms with van der Waals surface area (Å²) in [7, 11) is 0. The van der Waals surface area contributed by atoms with E-state index in [1.807, 2.05) is 24.3 Å². The predicted octanol–water partition coefficient (Wildman–Crippen LogP) is 4.70. The molecule has 0 aliphatic heterocycles. The van der Waals surface area contributed by atoms with Crippen molar-refractivity contribution in [2.45, 2.75) is 6.92 Å². The summed E-state index contributed by atoms with van der Waals surface area (Å²) in [5.41, 5.74) is -0.0537. The Hall–Kier alpha value is -3.77. The number of fused-ring (bicyclic) bond motifs is 2. The number of hydrogen-bond donors (Lipinski definition) is 3. The van der Waals surface area contributed by atoms with Gasteiger partial charge in [-0.15, -0.1) is 0 Å². The van der Waals surface area contributed by atoms with Crippen molar-refractivity contribution in [1.82, 2.24) is 0 Å². The molecule has 4 rings (SSSR count). The molecule has 0 saturated carbocycles. The molecule has 3 N–H and O–H groups in total. The van der Waals surface area contributed by atoms with E-state index in [4.69, 9.17) is 14.9 Å². The SMILES string of the molecule is CC(=O)Oc1cc2ccccc2cc1C(=O)O.O=C(O)c1c(O)ccc2ccccc12.[Zn]. The van der Waals surface area contributed by atoms with E-state index >= 15 is 0 Å². The summed E-state index contributed by atoms with van der Waals surface area (Å²) in [6.45, 7) is 1.24. The van der Waals surface area contributed by atoms with E-state index < -0.39 is 17.9 Å². The third-order valence-electron chi connectivity index (χ3n) is 4.45. The summed E-state index contributed by atoms with van der Waals surface area (Å²) in [5.74, 6) is -2.89. The van der Waals surface area contributed by atoms with Crippen LogP contribution in [0.4, 0.5) is 0 Å². The first-order valence-electron chi connectivity index (χ1n) is 9.16. The van der Waals surface area contributed by atoms with Gasteiger partial charge in [-0.3, -0.25) is 4.79 Å². The van der Waals surface area contributed by atoms with Gasteiger partial charge in [-0.05, 0) is 39.7 Å². The van der Waals surface area contributed by atoms with Gasteiger partial charge in [0.05, 0.1) is 0 Å². The van der Waals surface area contributed by atoms with Crippen LogP contribution in [0.3, 0.4) is 0 Å². The van der Waals surface area contributed by atoms with Crippen LogP contribution in [0.15, 0.2) is 72.8 Å². The van der Waals surface area contributed by atoms with Crippen molar-refractivity contribution in [2.24, 2.45) is 0 Å². The molecule has 0 bridgehead atoms. The van der Waals surface area contributed by atoms with Crippen LogP contribution < -0.4 is 4.74 Å². The average Bonchev–Trinajstić information content (AvgIpc) is 2.72. The Bertz CT molecular complexity index is 1310. The van der Waals surface area contributed by atoms with Crippen LogP contribution in [-0.4, -0.2) is 33.2 Å². The molecule has 0 atom stereocenters. The molecule has 0 aliphatic carbocycles. The zero-order chi connectivity index (χ0) is 22.5. The Balaban J connectivity index is 0.000000224. The fourth-order valence-electron chi connectivity index (χ4n) is 3.11. The molecule has 4 aromatic carbocycles. The summed E-state index contributed by atoms with van der Waals surface area (Å²) in [4.78, 5) is 32.8. The predicted molar refractivity (Wildman–Crippen MR) is 115 cm³/mol. The van der Waals surface area contributed by atoms with Crippen LogP contribution in [0.5, 0.6) is 11.5 Å². The van der Waals surface area contributed by atoms with Crippen molar-refractivity contribution in [3.8, 4) is 11.5 Å². The summed E-state index contributed by atoms with van der Waals surface area (Å²) < 4.78 is 4.90. The zero-order valence-electron chi connectivity index (χ0n) is 17.1. The molecular weight excluding hydrogens is 466 g/mol. The number of ether oxygens (including phenoxy) is 1. The average molecular weight is 484 g/mol. The van der Waals surface area contributed by atoms with Crippen molar-refractivity contribution in [2.75, 3.05) is 0 Å². The number of carboxylic acids is 2. The number of aromatic carboxylic acids is 2. The number of esters is 1. The Labute approximate surface area is 195 Å². The molecule has 0 aromatic heterocycles. The molecule has 0 radical (unpaired) electrons. The van der Waals surface area contributed by atoms with Crippen molar-refractivity contribution >= 4 is 39.5 Å².